The van der Waals surface area contributed by atoms with E-state index in [-0.39, 0.29) is 29.4 Å². The summed E-state index contributed by atoms with van der Waals surface area (Å²) < 4.78 is 0. The summed E-state index contributed by atoms with van der Waals surface area (Å²) in [5.74, 6) is -0.0830. The molecular weight excluding hydrogens is 386 g/mol. The lowest BCUT2D eigenvalue weighted by Crippen LogP contribution is -2.60. The molecule has 1 fully saturated rings. The number of allylic oxidation sites excluding steroid dienone is 3. The molecule has 1 aromatic carbocycles. The van der Waals surface area contributed by atoms with Crippen LogP contribution < -0.4 is 15.5 Å². The van der Waals surface area contributed by atoms with Crippen LogP contribution >= 0.6 is 11.8 Å². The van der Waals surface area contributed by atoms with Gasteiger partial charge < -0.3 is 15.5 Å². The number of anilines is 1. The second-order valence-electron chi connectivity index (χ2n) is 7.79. The molecule has 0 bridgehead atoms. The molecule has 2 N–H and O–H groups in total. The van der Waals surface area contributed by atoms with Gasteiger partial charge in [0, 0.05) is 29.8 Å². The smallest absolute Gasteiger partial charge is 0.243 e. The number of likely N-dealkylation sites (N-methyl/N-ethyl adjacent to an activating group) is 1. The van der Waals surface area contributed by atoms with Gasteiger partial charge >= 0.3 is 0 Å². The van der Waals surface area contributed by atoms with Crippen molar-refractivity contribution in [3.8, 4) is 0 Å². The molecule has 0 unspecified atom stereocenters. The summed E-state index contributed by atoms with van der Waals surface area (Å²) in [6, 6.07) is 6.95. The third kappa shape index (κ3) is 3.27. The van der Waals surface area contributed by atoms with Crippen molar-refractivity contribution in [3.63, 3.8) is 0 Å². The first kappa shape index (κ1) is 19.8. The Morgan fingerprint density at radius 3 is 2.66 bits per heavy atom. The highest BCUT2D eigenvalue weighted by atomic mass is 32.2. The number of fused-ring (bicyclic) bond motifs is 1. The molecular formula is C22H25N3O3S. The van der Waals surface area contributed by atoms with Crippen LogP contribution in [0.25, 0.3) is 0 Å². The number of rotatable bonds is 4. The lowest BCUT2D eigenvalue weighted by molar-refractivity contribution is -0.126. The van der Waals surface area contributed by atoms with Crippen LogP contribution in [0.2, 0.25) is 0 Å². The second kappa shape index (κ2) is 7.71. The van der Waals surface area contributed by atoms with Crippen LogP contribution in [0.5, 0.6) is 0 Å². The third-order valence-corrected chi connectivity index (χ3v) is 6.75. The van der Waals surface area contributed by atoms with E-state index in [1.54, 1.807) is 29.8 Å². The van der Waals surface area contributed by atoms with E-state index in [0.29, 0.717) is 17.7 Å². The zero-order chi connectivity index (χ0) is 20.7. The average molecular weight is 412 g/mol. The summed E-state index contributed by atoms with van der Waals surface area (Å²) in [5.41, 5.74) is 3.30. The Hall–Kier alpha value is -2.54. The molecule has 1 aromatic rings. The van der Waals surface area contributed by atoms with E-state index in [2.05, 4.69) is 10.6 Å². The molecule has 1 aliphatic carbocycles. The summed E-state index contributed by atoms with van der Waals surface area (Å²) in [6.07, 6.45) is 5.91. The van der Waals surface area contributed by atoms with Crippen molar-refractivity contribution in [1.29, 1.82) is 0 Å². The summed E-state index contributed by atoms with van der Waals surface area (Å²) in [4.78, 5) is 39.9. The van der Waals surface area contributed by atoms with Crippen molar-refractivity contribution in [1.82, 2.24) is 10.6 Å². The first-order chi connectivity index (χ1) is 13.9. The SMILES string of the molecule is CSC[C@@H]1N/C(=C2/CC=CC2=O)[C@H]([C@@H](C)[C@@H]2C(=O)N(C)c3ccccc32)NC1=O. The van der Waals surface area contributed by atoms with Crippen molar-refractivity contribution in [2.45, 2.75) is 31.3 Å². The number of amides is 2. The Labute approximate surface area is 174 Å². The van der Waals surface area contributed by atoms with E-state index in [1.165, 1.54) is 0 Å². The lowest BCUT2D eigenvalue weighted by atomic mass is 9.80. The van der Waals surface area contributed by atoms with Crippen LogP contribution in [0.1, 0.15) is 24.8 Å². The van der Waals surface area contributed by atoms with Crippen LogP contribution in [0.15, 0.2) is 47.7 Å². The quantitative estimate of drug-likeness (QED) is 0.741. The number of benzene rings is 1. The largest absolute Gasteiger partial charge is 0.374 e. The fraction of sp³-hybridized carbons (Fsp3) is 0.409. The number of hydrogen-bond acceptors (Lipinski definition) is 5. The summed E-state index contributed by atoms with van der Waals surface area (Å²) >= 11 is 1.58. The van der Waals surface area contributed by atoms with Gasteiger partial charge in [-0.05, 0) is 36.3 Å². The average Bonchev–Trinajstić information content (AvgIpc) is 3.24. The van der Waals surface area contributed by atoms with Gasteiger partial charge in [0.05, 0.1) is 12.0 Å². The van der Waals surface area contributed by atoms with E-state index >= 15 is 0 Å². The van der Waals surface area contributed by atoms with Crippen LogP contribution in [-0.2, 0) is 14.4 Å². The molecule has 0 saturated carbocycles. The zero-order valence-corrected chi connectivity index (χ0v) is 17.6. The maximum atomic E-state index is 13.1. The van der Waals surface area contributed by atoms with Crippen molar-refractivity contribution >= 4 is 35.0 Å². The molecule has 2 amide bonds. The predicted molar refractivity (Wildman–Crippen MR) is 115 cm³/mol. The maximum absolute atomic E-state index is 13.1. The molecule has 1 saturated heterocycles. The van der Waals surface area contributed by atoms with Gasteiger partial charge in [-0.2, -0.15) is 11.8 Å². The predicted octanol–water partition coefficient (Wildman–Crippen LogP) is 1.99. The fourth-order valence-electron chi connectivity index (χ4n) is 4.57. The highest BCUT2D eigenvalue weighted by Crippen LogP contribution is 2.43. The topological polar surface area (TPSA) is 78.5 Å². The van der Waals surface area contributed by atoms with Gasteiger partial charge in [-0.3, -0.25) is 14.4 Å². The molecule has 4 rings (SSSR count). The van der Waals surface area contributed by atoms with Gasteiger partial charge in [-0.15, -0.1) is 0 Å². The molecule has 0 spiro atoms. The van der Waals surface area contributed by atoms with E-state index in [4.69, 9.17) is 0 Å². The fourth-order valence-corrected chi connectivity index (χ4v) is 5.13. The molecule has 2 heterocycles. The number of carbonyl (C=O) groups excluding carboxylic acids is 3. The minimum absolute atomic E-state index is 0.0133. The van der Waals surface area contributed by atoms with Crippen LogP contribution in [-0.4, -0.2) is 48.7 Å². The van der Waals surface area contributed by atoms with Gasteiger partial charge in [0.25, 0.3) is 0 Å². The molecule has 4 atom stereocenters. The highest BCUT2D eigenvalue weighted by molar-refractivity contribution is 7.98. The standard InChI is InChI=1S/C22H25N3O3S/c1-12(18-13-7-4-5-9-16(13)25(2)22(18)28)19-20(14-8-6-10-17(14)26)23-15(11-29-3)21(27)24-19/h4-7,9-10,12,15,18-19,23H,8,11H2,1-3H3,(H,24,27)/b20-14-/t12-,15-,18-,19-/m0/s1. The van der Waals surface area contributed by atoms with Crippen molar-refractivity contribution in [2.24, 2.45) is 5.92 Å². The van der Waals surface area contributed by atoms with E-state index in [0.717, 1.165) is 16.9 Å². The molecule has 0 aromatic heterocycles. The van der Waals surface area contributed by atoms with Gasteiger partial charge in [0.1, 0.15) is 6.04 Å². The summed E-state index contributed by atoms with van der Waals surface area (Å²) in [7, 11) is 1.78. The summed E-state index contributed by atoms with van der Waals surface area (Å²) in [5, 5.41) is 6.46. The number of hydrogen-bond donors (Lipinski definition) is 2. The molecule has 3 aliphatic rings. The Kier molecular flexibility index (Phi) is 5.25. The van der Waals surface area contributed by atoms with Crippen molar-refractivity contribution in [3.05, 3.63) is 53.3 Å². The normalized spacial score (nSPS) is 29.7. The van der Waals surface area contributed by atoms with Crippen molar-refractivity contribution < 1.29 is 14.4 Å². The molecule has 6 nitrogen and oxygen atoms in total. The van der Waals surface area contributed by atoms with Gasteiger partial charge in [0.15, 0.2) is 5.78 Å². The Balaban J connectivity index is 1.73. The number of piperazine rings is 1. The van der Waals surface area contributed by atoms with E-state index < -0.39 is 12.1 Å². The molecule has 29 heavy (non-hydrogen) atoms. The minimum atomic E-state index is -0.423. The Morgan fingerprint density at radius 1 is 1.21 bits per heavy atom. The number of ketones is 1. The molecule has 2 aliphatic heterocycles. The highest BCUT2D eigenvalue weighted by Gasteiger charge is 2.45. The van der Waals surface area contributed by atoms with Crippen LogP contribution in [0, 0.1) is 5.92 Å². The first-order valence-corrected chi connectivity index (χ1v) is 11.2. The molecule has 0 radical (unpaired) electrons. The lowest BCUT2D eigenvalue weighted by Gasteiger charge is -2.39. The van der Waals surface area contributed by atoms with Gasteiger partial charge in [-0.25, -0.2) is 0 Å². The molecule has 152 valence electrons. The number of thioether (sulfide) groups is 1. The number of nitrogens with one attached hydrogen (secondary N) is 2. The number of carbonyl (C=O) groups is 3. The summed E-state index contributed by atoms with van der Waals surface area (Å²) in [6.45, 7) is 1.98. The monoisotopic (exact) mass is 411 g/mol. The van der Waals surface area contributed by atoms with E-state index in [9.17, 15) is 14.4 Å². The zero-order valence-electron chi connectivity index (χ0n) is 16.8. The van der Waals surface area contributed by atoms with Crippen molar-refractivity contribution in [2.75, 3.05) is 24.0 Å². The Morgan fingerprint density at radius 2 is 1.97 bits per heavy atom. The maximum Gasteiger partial charge on any atom is 0.243 e. The van der Waals surface area contributed by atoms with Crippen LogP contribution in [0.3, 0.4) is 0 Å². The van der Waals surface area contributed by atoms with Crippen LogP contribution in [0.4, 0.5) is 5.69 Å². The van der Waals surface area contributed by atoms with Gasteiger partial charge in [-0.1, -0.05) is 31.2 Å². The number of para-hydroxylation sites is 1. The van der Waals surface area contributed by atoms with Gasteiger partial charge in [0.2, 0.25) is 11.8 Å². The second-order valence-corrected chi connectivity index (χ2v) is 8.71. The minimum Gasteiger partial charge on any atom is -0.374 e. The number of nitrogens with zero attached hydrogens (tertiary/aromatic N) is 1. The first-order valence-electron chi connectivity index (χ1n) is 9.80. The Bertz CT molecular complexity index is 939. The third-order valence-electron chi connectivity index (χ3n) is 6.08. The van der Waals surface area contributed by atoms with E-state index in [1.807, 2.05) is 43.5 Å². The molecule has 7 heteroatoms.